The Hall–Kier alpha value is -3.28. The standard InChI is InChI=1S/C22H20FN3O2/c23-17-8-6-15(7-9-17)13-25-22(28)21-18(16-4-3-10-24-14-16)12-20(27)26-11-2-1-5-19(21)26/h3-4,6-10,12,14H,1-2,5,11,13H2,(H,25,28). The number of carbonyl (C=O) groups excluding carboxylic acids is 1. The van der Waals surface area contributed by atoms with Gasteiger partial charge >= 0.3 is 0 Å². The number of halogens is 1. The van der Waals surface area contributed by atoms with Gasteiger partial charge < -0.3 is 9.88 Å². The van der Waals surface area contributed by atoms with Crippen LogP contribution < -0.4 is 10.9 Å². The molecule has 1 N–H and O–H groups in total. The van der Waals surface area contributed by atoms with Crippen LogP contribution >= 0.6 is 0 Å². The molecule has 0 unspecified atom stereocenters. The van der Waals surface area contributed by atoms with Gasteiger partial charge in [0.2, 0.25) is 0 Å². The number of carbonyl (C=O) groups is 1. The minimum absolute atomic E-state index is 0.0939. The molecule has 3 heterocycles. The summed E-state index contributed by atoms with van der Waals surface area (Å²) in [5.41, 5.74) is 3.34. The Labute approximate surface area is 161 Å². The van der Waals surface area contributed by atoms with Crippen molar-refractivity contribution < 1.29 is 9.18 Å². The zero-order valence-corrected chi connectivity index (χ0v) is 15.3. The lowest BCUT2D eigenvalue weighted by Gasteiger charge is -2.23. The van der Waals surface area contributed by atoms with Gasteiger partial charge in [-0.15, -0.1) is 0 Å². The molecular formula is C22H20FN3O2. The van der Waals surface area contributed by atoms with E-state index in [9.17, 15) is 14.0 Å². The van der Waals surface area contributed by atoms with E-state index in [-0.39, 0.29) is 23.8 Å². The zero-order valence-electron chi connectivity index (χ0n) is 15.3. The summed E-state index contributed by atoms with van der Waals surface area (Å²) in [6.45, 7) is 0.907. The molecule has 28 heavy (non-hydrogen) atoms. The lowest BCUT2D eigenvalue weighted by molar-refractivity contribution is 0.0949. The first-order valence-corrected chi connectivity index (χ1v) is 9.33. The van der Waals surface area contributed by atoms with Gasteiger partial charge in [-0.3, -0.25) is 14.6 Å². The maximum absolute atomic E-state index is 13.1. The number of nitrogens with one attached hydrogen (secondary N) is 1. The number of fused-ring (bicyclic) bond motifs is 1. The molecule has 0 radical (unpaired) electrons. The van der Waals surface area contributed by atoms with Crippen molar-refractivity contribution in [3.8, 4) is 11.1 Å². The molecule has 2 aromatic heterocycles. The fraction of sp³-hybridized carbons (Fsp3) is 0.227. The van der Waals surface area contributed by atoms with Gasteiger partial charge in [-0.25, -0.2) is 4.39 Å². The summed E-state index contributed by atoms with van der Waals surface area (Å²) in [7, 11) is 0. The van der Waals surface area contributed by atoms with Crippen LogP contribution in [0.25, 0.3) is 11.1 Å². The fourth-order valence-electron chi connectivity index (χ4n) is 3.64. The summed E-state index contributed by atoms with van der Waals surface area (Å²) in [6, 6.07) is 11.2. The van der Waals surface area contributed by atoms with E-state index in [1.807, 2.05) is 6.07 Å². The molecule has 3 aromatic rings. The number of nitrogens with zero attached hydrogens (tertiary/aromatic N) is 2. The van der Waals surface area contributed by atoms with Gasteiger partial charge in [0.25, 0.3) is 11.5 Å². The third-order valence-corrected chi connectivity index (χ3v) is 5.03. The Balaban J connectivity index is 1.74. The van der Waals surface area contributed by atoms with E-state index in [1.54, 1.807) is 35.2 Å². The van der Waals surface area contributed by atoms with Crippen molar-refractivity contribution in [3.05, 3.63) is 87.9 Å². The highest BCUT2D eigenvalue weighted by Crippen LogP contribution is 2.27. The summed E-state index contributed by atoms with van der Waals surface area (Å²) in [5, 5.41) is 2.92. The Morgan fingerprint density at radius 1 is 1.18 bits per heavy atom. The van der Waals surface area contributed by atoms with Crippen molar-refractivity contribution in [2.45, 2.75) is 32.4 Å². The van der Waals surface area contributed by atoms with E-state index in [0.29, 0.717) is 24.1 Å². The second-order valence-electron chi connectivity index (χ2n) is 6.88. The maximum Gasteiger partial charge on any atom is 0.253 e. The lowest BCUT2D eigenvalue weighted by Crippen LogP contribution is -2.33. The first-order chi connectivity index (χ1) is 13.6. The number of benzene rings is 1. The molecule has 1 aliphatic heterocycles. The molecule has 1 aromatic carbocycles. The fourth-order valence-corrected chi connectivity index (χ4v) is 3.64. The average Bonchev–Trinajstić information content (AvgIpc) is 2.74. The van der Waals surface area contributed by atoms with Gasteiger partial charge in [0, 0.05) is 48.4 Å². The van der Waals surface area contributed by atoms with Crippen molar-refractivity contribution in [1.82, 2.24) is 14.9 Å². The summed E-state index contributed by atoms with van der Waals surface area (Å²) < 4.78 is 14.8. The van der Waals surface area contributed by atoms with Crippen molar-refractivity contribution >= 4 is 5.91 Å². The molecule has 0 aliphatic carbocycles. The summed E-state index contributed by atoms with van der Waals surface area (Å²) in [5.74, 6) is -0.556. The van der Waals surface area contributed by atoms with Gasteiger partial charge in [-0.1, -0.05) is 18.2 Å². The first-order valence-electron chi connectivity index (χ1n) is 9.33. The number of hydrogen-bond donors (Lipinski definition) is 1. The summed E-state index contributed by atoms with van der Waals surface area (Å²) in [6.07, 6.45) is 5.86. The third-order valence-electron chi connectivity index (χ3n) is 5.03. The average molecular weight is 377 g/mol. The van der Waals surface area contributed by atoms with E-state index in [2.05, 4.69) is 10.3 Å². The van der Waals surface area contributed by atoms with Crippen molar-refractivity contribution in [1.29, 1.82) is 0 Å². The molecule has 0 fully saturated rings. The predicted molar refractivity (Wildman–Crippen MR) is 104 cm³/mol. The molecule has 0 saturated carbocycles. The topological polar surface area (TPSA) is 64.0 Å². The van der Waals surface area contributed by atoms with Crippen molar-refractivity contribution in [3.63, 3.8) is 0 Å². The molecule has 5 nitrogen and oxygen atoms in total. The molecule has 1 amide bonds. The molecule has 4 rings (SSSR count). The summed E-state index contributed by atoms with van der Waals surface area (Å²) >= 11 is 0. The molecule has 1 aliphatic rings. The Morgan fingerprint density at radius 2 is 2.00 bits per heavy atom. The van der Waals surface area contributed by atoms with E-state index in [0.717, 1.165) is 29.7 Å². The summed E-state index contributed by atoms with van der Waals surface area (Å²) in [4.78, 5) is 29.9. The van der Waals surface area contributed by atoms with Crippen molar-refractivity contribution in [2.75, 3.05) is 0 Å². The molecule has 142 valence electrons. The molecule has 0 bridgehead atoms. The Morgan fingerprint density at radius 3 is 2.75 bits per heavy atom. The number of amides is 1. The van der Waals surface area contributed by atoms with Gasteiger partial charge in [0.05, 0.1) is 5.56 Å². The van der Waals surface area contributed by atoms with Crippen LogP contribution in [0.4, 0.5) is 4.39 Å². The quantitative estimate of drug-likeness (QED) is 0.759. The normalized spacial score (nSPS) is 13.0. The van der Waals surface area contributed by atoms with Gasteiger partial charge in [-0.2, -0.15) is 0 Å². The van der Waals surface area contributed by atoms with Gasteiger partial charge in [-0.05, 0) is 43.0 Å². The van der Waals surface area contributed by atoms with Crippen LogP contribution in [-0.2, 0) is 19.5 Å². The minimum Gasteiger partial charge on any atom is -0.348 e. The maximum atomic E-state index is 13.1. The van der Waals surface area contributed by atoms with Crippen LogP contribution in [0.5, 0.6) is 0 Å². The largest absolute Gasteiger partial charge is 0.348 e. The second-order valence-corrected chi connectivity index (χ2v) is 6.88. The lowest BCUT2D eigenvalue weighted by atomic mass is 9.94. The molecular weight excluding hydrogens is 357 g/mol. The molecule has 0 spiro atoms. The molecule has 0 saturated heterocycles. The highest BCUT2D eigenvalue weighted by Gasteiger charge is 2.24. The van der Waals surface area contributed by atoms with Gasteiger partial charge in [0.1, 0.15) is 5.82 Å². The van der Waals surface area contributed by atoms with Crippen LogP contribution in [0.1, 0.15) is 34.5 Å². The van der Waals surface area contributed by atoms with Crippen LogP contribution in [0.3, 0.4) is 0 Å². The predicted octanol–water partition coefficient (Wildman–Crippen LogP) is 3.32. The smallest absolute Gasteiger partial charge is 0.253 e. The highest BCUT2D eigenvalue weighted by atomic mass is 19.1. The number of aromatic nitrogens is 2. The number of hydrogen-bond acceptors (Lipinski definition) is 3. The van der Waals surface area contributed by atoms with Crippen molar-refractivity contribution in [2.24, 2.45) is 0 Å². The monoisotopic (exact) mass is 377 g/mol. The SMILES string of the molecule is O=C(NCc1ccc(F)cc1)c1c(-c2cccnc2)cc(=O)n2c1CCCC2. The number of pyridine rings is 2. The van der Waals surface area contributed by atoms with Crippen LogP contribution in [0.2, 0.25) is 0 Å². The Kier molecular flexibility index (Phi) is 5.02. The zero-order chi connectivity index (χ0) is 19.5. The van der Waals surface area contributed by atoms with E-state index in [4.69, 9.17) is 0 Å². The third kappa shape index (κ3) is 3.58. The van der Waals surface area contributed by atoms with Gasteiger partial charge in [0.15, 0.2) is 0 Å². The van der Waals surface area contributed by atoms with Crippen LogP contribution in [0, 0.1) is 5.82 Å². The molecule has 6 heteroatoms. The van der Waals surface area contributed by atoms with Crippen LogP contribution in [0.15, 0.2) is 59.7 Å². The van der Waals surface area contributed by atoms with E-state index < -0.39 is 0 Å². The van der Waals surface area contributed by atoms with Crippen LogP contribution in [-0.4, -0.2) is 15.5 Å². The van der Waals surface area contributed by atoms with E-state index in [1.165, 1.54) is 18.2 Å². The van der Waals surface area contributed by atoms with E-state index >= 15 is 0 Å². The minimum atomic E-state index is -0.314. The number of rotatable bonds is 4. The highest BCUT2D eigenvalue weighted by molar-refractivity contribution is 6.01. The second kappa shape index (κ2) is 7.76. The Bertz CT molecular complexity index is 1060. The molecule has 0 atom stereocenters. The first kappa shape index (κ1) is 18.1.